The highest BCUT2D eigenvalue weighted by molar-refractivity contribution is 5.54. The van der Waals surface area contributed by atoms with Gasteiger partial charge in [-0.2, -0.15) is 0 Å². The van der Waals surface area contributed by atoms with Crippen LogP contribution in [0.1, 0.15) is 17.2 Å². The van der Waals surface area contributed by atoms with E-state index < -0.39 is 12.1 Å². The summed E-state index contributed by atoms with van der Waals surface area (Å²) in [5.41, 5.74) is 7.98. The molecule has 0 unspecified atom stereocenters. The maximum atomic E-state index is 10.4. The molecule has 23 heavy (non-hydrogen) atoms. The molecule has 0 aliphatic rings. The van der Waals surface area contributed by atoms with Crippen molar-refractivity contribution in [3.05, 3.63) is 53.6 Å². The van der Waals surface area contributed by atoms with E-state index in [1.165, 1.54) is 0 Å². The van der Waals surface area contributed by atoms with Crippen LogP contribution in [-0.2, 0) is 6.42 Å². The van der Waals surface area contributed by atoms with E-state index in [0.29, 0.717) is 23.7 Å². The fourth-order valence-corrected chi connectivity index (χ4v) is 2.50. The Balaban J connectivity index is 2.26. The van der Waals surface area contributed by atoms with E-state index in [4.69, 9.17) is 19.9 Å². The van der Waals surface area contributed by atoms with E-state index in [9.17, 15) is 5.11 Å². The van der Waals surface area contributed by atoms with Crippen molar-refractivity contribution in [1.29, 1.82) is 0 Å². The molecular formula is C18H23NO4. The van der Waals surface area contributed by atoms with Crippen molar-refractivity contribution < 1.29 is 19.3 Å². The molecule has 2 atom stereocenters. The lowest BCUT2D eigenvalue weighted by molar-refractivity contribution is 0.145. The number of nitrogens with two attached hydrogens (primary N) is 1. The summed E-state index contributed by atoms with van der Waals surface area (Å²) in [6.45, 7) is 0. The summed E-state index contributed by atoms with van der Waals surface area (Å²) >= 11 is 0. The van der Waals surface area contributed by atoms with Crippen molar-refractivity contribution in [3.63, 3.8) is 0 Å². The first-order valence-corrected chi connectivity index (χ1v) is 7.38. The van der Waals surface area contributed by atoms with E-state index in [1.807, 2.05) is 30.3 Å². The van der Waals surface area contributed by atoms with E-state index in [-0.39, 0.29) is 0 Å². The third-order valence-electron chi connectivity index (χ3n) is 3.77. The average Bonchev–Trinajstić information content (AvgIpc) is 2.60. The summed E-state index contributed by atoms with van der Waals surface area (Å²) in [7, 11) is 4.64. The zero-order chi connectivity index (χ0) is 16.8. The van der Waals surface area contributed by atoms with Gasteiger partial charge in [0.25, 0.3) is 0 Å². The number of methoxy groups -OCH3 is 3. The predicted molar refractivity (Wildman–Crippen MR) is 89.2 cm³/mol. The number of aliphatic hydroxyl groups is 1. The summed E-state index contributed by atoms with van der Waals surface area (Å²) in [5, 5.41) is 10.4. The van der Waals surface area contributed by atoms with Crippen LogP contribution in [0.3, 0.4) is 0 Å². The zero-order valence-electron chi connectivity index (χ0n) is 13.7. The maximum Gasteiger partial charge on any atom is 0.203 e. The quantitative estimate of drug-likeness (QED) is 0.820. The summed E-state index contributed by atoms with van der Waals surface area (Å²) in [6.07, 6.45) is -0.251. The molecule has 124 valence electrons. The van der Waals surface area contributed by atoms with Gasteiger partial charge in [0, 0.05) is 6.42 Å². The Labute approximate surface area is 136 Å². The van der Waals surface area contributed by atoms with Crippen molar-refractivity contribution in [1.82, 2.24) is 0 Å². The number of aliphatic hydroxyl groups excluding tert-OH is 1. The van der Waals surface area contributed by atoms with Gasteiger partial charge >= 0.3 is 0 Å². The van der Waals surface area contributed by atoms with Crippen LogP contribution in [0.5, 0.6) is 17.2 Å². The molecule has 5 heteroatoms. The Morgan fingerprint density at radius 2 is 1.52 bits per heavy atom. The molecular weight excluding hydrogens is 294 g/mol. The molecule has 2 rings (SSSR count). The van der Waals surface area contributed by atoms with E-state index in [0.717, 1.165) is 11.1 Å². The largest absolute Gasteiger partial charge is 0.493 e. The highest BCUT2D eigenvalue weighted by Crippen LogP contribution is 2.39. The SMILES string of the molecule is COc1cc([C@@H](N)[C@@H](O)Cc2ccccc2)cc(OC)c1OC. The molecule has 0 fully saturated rings. The number of ether oxygens (including phenoxy) is 3. The van der Waals surface area contributed by atoms with Gasteiger partial charge in [0.2, 0.25) is 5.75 Å². The van der Waals surface area contributed by atoms with Gasteiger partial charge in [-0.1, -0.05) is 30.3 Å². The fraction of sp³-hybridized carbons (Fsp3) is 0.333. The second-order valence-corrected chi connectivity index (χ2v) is 5.24. The predicted octanol–water partition coefficient (Wildman–Crippen LogP) is 2.32. The van der Waals surface area contributed by atoms with Crippen LogP contribution in [0.25, 0.3) is 0 Å². The molecule has 0 heterocycles. The second-order valence-electron chi connectivity index (χ2n) is 5.24. The van der Waals surface area contributed by atoms with Crippen molar-refractivity contribution in [2.24, 2.45) is 5.73 Å². The summed E-state index contributed by atoms with van der Waals surface area (Å²) in [5.74, 6) is 1.54. The van der Waals surface area contributed by atoms with Gasteiger partial charge in [0.1, 0.15) is 0 Å². The number of hydrogen-bond donors (Lipinski definition) is 2. The van der Waals surface area contributed by atoms with Crippen LogP contribution in [0.2, 0.25) is 0 Å². The van der Waals surface area contributed by atoms with Crippen molar-refractivity contribution >= 4 is 0 Å². The van der Waals surface area contributed by atoms with Crippen LogP contribution >= 0.6 is 0 Å². The van der Waals surface area contributed by atoms with Crippen LogP contribution in [0.15, 0.2) is 42.5 Å². The molecule has 2 aromatic carbocycles. The Kier molecular flexibility index (Phi) is 5.84. The van der Waals surface area contributed by atoms with Crippen molar-refractivity contribution in [3.8, 4) is 17.2 Å². The molecule has 0 amide bonds. The Bertz CT molecular complexity index is 605. The second kappa shape index (κ2) is 7.85. The van der Waals surface area contributed by atoms with Crippen LogP contribution in [0, 0.1) is 0 Å². The summed E-state index contributed by atoms with van der Waals surface area (Å²) in [6, 6.07) is 12.7. The minimum absolute atomic E-state index is 0.471. The normalized spacial score (nSPS) is 13.3. The fourth-order valence-electron chi connectivity index (χ4n) is 2.50. The summed E-state index contributed by atoms with van der Waals surface area (Å²) in [4.78, 5) is 0. The lowest BCUT2D eigenvalue weighted by atomic mass is 9.96. The Morgan fingerprint density at radius 3 is 2.00 bits per heavy atom. The first-order chi connectivity index (χ1) is 11.1. The van der Waals surface area contributed by atoms with Gasteiger partial charge in [-0.25, -0.2) is 0 Å². The number of hydrogen-bond acceptors (Lipinski definition) is 5. The molecule has 0 aromatic heterocycles. The molecule has 0 saturated carbocycles. The molecule has 0 saturated heterocycles. The smallest absolute Gasteiger partial charge is 0.203 e. The highest BCUT2D eigenvalue weighted by Gasteiger charge is 2.21. The molecule has 0 aliphatic heterocycles. The van der Waals surface area contributed by atoms with Crippen molar-refractivity contribution in [2.45, 2.75) is 18.6 Å². The van der Waals surface area contributed by atoms with Crippen molar-refractivity contribution in [2.75, 3.05) is 21.3 Å². The van der Waals surface area contributed by atoms with Crippen LogP contribution < -0.4 is 19.9 Å². The molecule has 0 spiro atoms. The van der Waals surface area contributed by atoms with Gasteiger partial charge in [0.05, 0.1) is 33.5 Å². The molecule has 3 N–H and O–H groups in total. The van der Waals surface area contributed by atoms with Gasteiger partial charge in [-0.3, -0.25) is 0 Å². The molecule has 2 aromatic rings. The summed E-state index contributed by atoms with van der Waals surface area (Å²) < 4.78 is 15.9. The van der Waals surface area contributed by atoms with Gasteiger partial charge in [-0.05, 0) is 23.3 Å². The van der Waals surface area contributed by atoms with Gasteiger partial charge < -0.3 is 25.1 Å². The topological polar surface area (TPSA) is 73.9 Å². The Morgan fingerprint density at radius 1 is 0.957 bits per heavy atom. The Hall–Kier alpha value is -2.24. The van der Waals surface area contributed by atoms with E-state index in [2.05, 4.69) is 0 Å². The third-order valence-corrected chi connectivity index (χ3v) is 3.77. The van der Waals surface area contributed by atoms with Gasteiger partial charge in [-0.15, -0.1) is 0 Å². The number of benzene rings is 2. The minimum atomic E-state index is -0.722. The molecule has 5 nitrogen and oxygen atoms in total. The maximum absolute atomic E-state index is 10.4. The monoisotopic (exact) mass is 317 g/mol. The van der Waals surface area contributed by atoms with E-state index in [1.54, 1.807) is 33.5 Å². The average molecular weight is 317 g/mol. The number of rotatable bonds is 7. The molecule has 0 aliphatic carbocycles. The molecule has 0 radical (unpaired) electrons. The zero-order valence-corrected chi connectivity index (χ0v) is 13.7. The molecule has 0 bridgehead atoms. The standard InChI is InChI=1S/C18H23NO4/c1-21-15-10-13(11-16(22-2)18(15)23-3)17(19)14(20)9-12-7-5-4-6-8-12/h4-8,10-11,14,17,20H,9,19H2,1-3H3/t14-,17+/m0/s1. The highest BCUT2D eigenvalue weighted by atomic mass is 16.5. The third kappa shape index (κ3) is 3.94. The lowest BCUT2D eigenvalue weighted by Crippen LogP contribution is -2.28. The van der Waals surface area contributed by atoms with Crippen LogP contribution in [-0.4, -0.2) is 32.5 Å². The van der Waals surface area contributed by atoms with Gasteiger partial charge in [0.15, 0.2) is 11.5 Å². The minimum Gasteiger partial charge on any atom is -0.493 e. The lowest BCUT2D eigenvalue weighted by Gasteiger charge is -2.22. The van der Waals surface area contributed by atoms with Crippen LogP contribution in [0.4, 0.5) is 0 Å². The van der Waals surface area contributed by atoms with E-state index >= 15 is 0 Å². The first kappa shape index (κ1) is 17.1. The first-order valence-electron chi connectivity index (χ1n) is 7.38.